The molecule has 1 aromatic heterocycles. The third-order valence-corrected chi connectivity index (χ3v) is 4.07. The highest BCUT2D eigenvalue weighted by molar-refractivity contribution is 5.93. The molecule has 1 heterocycles. The molecule has 0 unspecified atom stereocenters. The van der Waals surface area contributed by atoms with Gasteiger partial charge in [0.1, 0.15) is 5.82 Å². The molecule has 0 aliphatic rings. The quantitative estimate of drug-likeness (QED) is 0.644. The van der Waals surface area contributed by atoms with Crippen molar-refractivity contribution in [1.29, 1.82) is 0 Å². The van der Waals surface area contributed by atoms with Gasteiger partial charge in [-0.15, -0.1) is 0 Å². The van der Waals surface area contributed by atoms with Gasteiger partial charge >= 0.3 is 0 Å². The van der Waals surface area contributed by atoms with Crippen molar-refractivity contribution in [3.8, 4) is 0 Å². The maximum Gasteiger partial charge on any atom is 0.254 e. The minimum Gasteiger partial charge on any atom is -0.354 e. The molecule has 2 N–H and O–H groups in total. The van der Waals surface area contributed by atoms with Crippen LogP contribution in [0.25, 0.3) is 0 Å². The molecule has 0 atom stereocenters. The number of halogens is 1. The molecule has 0 fully saturated rings. The molecule has 0 spiro atoms. The van der Waals surface area contributed by atoms with E-state index in [1.807, 2.05) is 18.2 Å². The van der Waals surface area contributed by atoms with Crippen LogP contribution >= 0.6 is 0 Å². The van der Waals surface area contributed by atoms with Gasteiger partial charge in [-0.1, -0.05) is 42.5 Å². The Balaban J connectivity index is 1.42. The number of aromatic nitrogens is 2. The Labute approximate surface area is 157 Å². The van der Waals surface area contributed by atoms with Gasteiger partial charge in [0.15, 0.2) is 0 Å². The van der Waals surface area contributed by atoms with Crippen LogP contribution < -0.4 is 10.6 Å². The van der Waals surface area contributed by atoms with E-state index in [2.05, 4.69) is 32.7 Å². The topological polar surface area (TPSA) is 66.9 Å². The Bertz CT molecular complexity index is 852. The molecule has 0 saturated carbocycles. The Morgan fingerprint density at radius 2 is 1.48 bits per heavy atom. The average molecular weight is 364 g/mol. The summed E-state index contributed by atoms with van der Waals surface area (Å²) in [6, 6.07) is 16.4. The van der Waals surface area contributed by atoms with Crippen LogP contribution in [-0.2, 0) is 12.8 Å². The van der Waals surface area contributed by atoms with Crippen molar-refractivity contribution >= 4 is 11.9 Å². The monoisotopic (exact) mass is 364 g/mol. The van der Waals surface area contributed by atoms with Gasteiger partial charge in [-0.2, -0.15) is 0 Å². The van der Waals surface area contributed by atoms with Crippen LogP contribution in [0.15, 0.2) is 67.0 Å². The second-order valence-electron chi connectivity index (χ2n) is 6.09. The van der Waals surface area contributed by atoms with Crippen molar-refractivity contribution in [2.75, 3.05) is 18.4 Å². The van der Waals surface area contributed by atoms with Gasteiger partial charge in [0.05, 0.1) is 5.56 Å². The van der Waals surface area contributed by atoms with Crippen molar-refractivity contribution in [2.45, 2.75) is 12.8 Å². The van der Waals surface area contributed by atoms with E-state index in [0.29, 0.717) is 31.0 Å². The van der Waals surface area contributed by atoms with Gasteiger partial charge in [-0.3, -0.25) is 4.79 Å². The van der Waals surface area contributed by atoms with Crippen LogP contribution in [0.5, 0.6) is 0 Å². The molecule has 138 valence electrons. The molecular formula is C21H21FN4O. The van der Waals surface area contributed by atoms with E-state index < -0.39 is 0 Å². The van der Waals surface area contributed by atoms with E-state index in [0.717, 1.165) is 12.0 Å². The number of amides is 1. The van der Waals surface area contributed by atoms with Crippen LogP contribution in [-0.4, -0.2) is 29.0 Å². The fourth-order valence-corrected chi connectivity index (χ4v) is 2.57. The predicted octanol–water partition coefficient (Wildman–Crippen LogP) is 3.24. The lowest BCUT2D eigenvalue weighted by atomic mass is 10.1. The van der Waals surface area contributed by atoms with Gasteiger partial charge in [0, 0.05) is 25.5 Å². The number of benzene rings is 2. The van der Waals surface area contributed by atoms with Crippen LogP contribution in [0.2, 0.25) is 0 Å². The molecule has 0 radical (unpaired) electrons. The first-order chi connectivity index (χ1) is 13.2. The number of anilines is 1. The van der Waals surface area contributed by atoms with Crippen LogP contribution in [0.3, 0.4) is 0 Å². The first kappa shape index (κ1) is 18.5. The Kier molecular flexibility index (Phi) is 6.46. The van der Waals surface area contributed by atoms with Crippen molar-refractivity contribution < 1.29 is 9.18 Å². The second kappa shape index (κ2) is 9.43. The van der Waals surface area contributed by atoms with E-state index in [-0.39, 0.29) is 11.7 Å². The minimum atomic E-state index is -0.266. The van der Waals surface area contributed by atoms with Crippen molar-refractivity contribution in [2.24, 2.45) is 0 Å². The number of rotatable bonds is 8. The van der Waals surface area contributed by atoms with Gasteiger partial charge in [-0.05, 0) is 36.1 Å². The SMILES string of the molecule is O=C(NCCc1ccc(F)cc1)c1cnc(NCCc2ccccc2)nc1. The van der Waals surface area contributed by atoms with Gasteiger partial charge < -0.3 is 10.6 Å². The summed E-state index contributed by atoms with van der Waals surface area (Å²) in [6.45, 7) is 1.18. The summed E-state index contributed by atoms with van der Waals surface area (Å²) in [5.74, 6) is -0.000794. The molecule has 1 amide bonds. The summed E-state index contributed by atoms with van der Waals surface area (Å²) in [5.41, 5.74) is 2.61. The van der Waals surface area contributed by atoms with Crippen LogP contribution in [0.1, 0.15) is 21.5 Å². The third-order valence-electron chi connectivity index (χ3n) is 4.07. The lowest BCUT2D eigenvalue weighted by Gasteiger charge is -2.07. The fraction of sp³-hybridized carbons (Fsp3) is 0.190. The average Bonchev–Trinajstić information content (AvgIpc) is 2.71. The third kappa shape index (κ3) is 5.88. The number of nitrogens with zero attached hydrogens (tertiary/aromatic N) is 2. The normalized spacial score (nSPS) is 10.4. The van der Waals surface area contributed by atoms with Gasteiger partial charge in [-0.25, -0.2) is 14.4 Å². The largest absolute Gasteiger partial charge is 0.354 e. The number of hydrogen-bond donors (Lipinski definition) is 2. The van der Waals surface area contributed by atoms with Gasteiger partial charge in [0.25, 0.3) is 5.91 Å². The summed E-state index contributed by atoms with van der Waals surface area (Å²) >= 11 is 0. The van der Waals surface area contributed by atoms with E-state index >= 15 is 0 Å². The first-order valence-electron chi connectivity index (χ1n) is 8.83. The molecule has 0 aliphatic heterocycles. The number of carbonyl (C=O) groups is 1. The molecule has 0 saturated heterocycles. The Hall–Kier alpha value is -3.28. The summed E-state index contributed by atoms with van der Waals surface area (Å²) < 4.78 is 12.9. The smallest absolute Gasteiger partial charge is 0.254 e. The molecule has 3 aromatic rings. The molecule has 5 nitrogen and oxygen atoms in total. The van der Waals surface area contributed by atoms with Crippen LogP contribution in [0.4, 0.5) is 10.3 Å². The van der Waals surface area contributed by atoms with Crippen molar-refractivity contribution in [3.05, 3.63) is 89.5 Å². The number of carbonyl (C=O) groups excluding carboxylic acids is 1. The van der Waals surface area contributed by atoms with E-state index in [9.17, 15) is 9.18 Å². The molecule has 3 rings (SSSR count). The van der Waals surface area contributed by atoms with E-state index in [1.165, 1.54) is 30.1 Å². The summed E-state index contributed by atoms with van der Waals surface area (Å²) in [6.07, 6.45) is 4.51. The fourth-order valence-electron chi connectivity index (χ4n) is 2.57. The first-order valence-corrected chi connectivity index (χ1v) is 8.83. The standard InChI is InChI=1S/C21H21FN4O/c22-19-8-6-17(7-9-19)10-12-23-20(27)18-14-25-21(26-15-18)24-13-11-16-4-2-1-3-5-16/h1-9,14-15H,10-13H2,(H,23,27)(H,24,25,26). The Morgan fingerprint density at radius 3 is 2.19 bits per heavy atom. The summed E-state index contributed by atoms with van der Waals surface area (Å²) in [5, 5.41) is 5.96. The zero-order valence-electron chi connectivity index (χ0n) is 14.9. The molecule has 6 heteroatoms. The summed E-state index contributed by atoms with van der Waals surface area (Å²) in [7, 11) is 0. The highest BCUT2D eigenvalue weighted by atomic mass is 19.1. The molecule has 27 heavy (non-hydrogen) atoms. The zero-order valence-corrected chi connectivity index (χ0v) is 14.9. The number of nitrogens with one attached hydrogen (secondary N) is 2. The second-order valence-corrected chi connectivity index (χ2v) is 6.09. The van der Waals surface area contributed by atoms with Gasteiger partial charge in [0.2, 0.25) is 5.95 Å². The Morgan fingerprint density at radius 1 is 0.852 bits per heavy atom. The predicted molar refractivity (Wildman–Crippen MR) is 103 cm³/mol. The van der Waals surface area contributed by atoms with Crippen molar-refractivity contribution in [1.82, 2.24) is 15.3 Å². The summed E-state index contributed by atoms with van der Waals surface area (Å²) in [4.78, 5) is 20.5. The highest BCUT2D eigenvalue weighted by Gasteiger charge is 2.07. The van der Waals surface area contributed by atoms with E-state index in [4.69, 9.17) is 0 Å². The minimum absolute atomic E-state index is 0.229. The van der Waals surface area contributed by atoms with Crippen molar-refractivity contribution in [3.63, 3.8) is 0 Å². The lowest BCUT2D eigenvalue weighted by Crippen LogP contribution is -2.26. The lowest BCUT2D eigenvalue weighted by molar-refractivity contribution is 0.0953. The molecule has 0 bridgehead atoms. The van der Waals surface area contributed by atoms with E-state index in [1.54, 1.807) is 12.1 Å². The number of hydrogen-bond acceptors (Lipinski definition) is 4. The maximum absolute atomic E-state index is 12.9. The molecule has 0 aliphatic carbocycles. The van der Waals surface area contributed by atoms with Crippen LogP contribution in [0, 0.1) is 5.82 Å². The maximum atomic E-state index is 12.9. The molecular weight excluding hydrogens is 343 g/mol. The zero-order chi connectivity index (χ0) is 18.9. The highest BCUT2D eigenvalue weighted by Crippen LogP contribution is 2.05. The molecule has 2 aromatic carbocycles.